The van der Waals surface area contributed by atoms with Crippen LogP contribution in [0.15, 0.2) is 4.99 Å². The van der Waals surface area contributed by atoms with Gasteiger partial charge in [-0.2, -0.15) is 0 Å². The number of carboxylic acids is 1. The van der Waals surface area contributed by atoms with E-state index in [2.05, 4.69) is 11.9 Å². The fourth-order valence-corrected chi connectivity index (χ4v) is 1.49. The molecule has 0 aromatic rings. The van der Waals surface area contributed by atoms with Crippen LogP contribution in [0, 0.1) is 0 Å². The van der Waals surface area contributed by atoms with Gasteiger partial charge in [0.1, 0.15) is 0 Å². The zero-order valence-corrected chi connectivity index (χ0v) is 14.4. The van der Waals surface area contributed by atoms with Gasteiger partial charge in [0, 0.05) is 0 Å². The van der Waals surface area contributed by atoms with Crippen molar-refractivity contribution in [3.63, 3.8) is 0 Å². The third-order valence-electron chi connectivity index (χ3n) is 2.33. The van der Waals surface area contributed by atoms with Gasteiger partial charge in [-0.05, 0) is 25.7 Å². The van der Waals surface area contributed by atoms with Crippen LogP contribution in [0.25, 0.3) is 0 Å². The maximum absolute atomic E-state index is 11.3. The summed E-state index contributed by atoms with van der Waals surface area (Å²) < 4.78 is 0. The predicted octanol–water partition coefficient (Wildman–Crippen LogP) is -1.03. The van der Waals surface area contributed by atoms with Crippen molar-refractivity contribution in [2.45, 2.75) is 64.8 Å². The first-order chi connectivity index (χ1) is 7.56. The summed E-state index contributed by atoms with van der Waals surface area (Å²) in [5, 5.41) is 19.8. The molecule has 1 unspecified atom stereocenters. The molecule has 1 N–H and O–H groups in total. The Hall–Kier alpha value is 0.576. The average Bonchev–Trinajstić information content (AvgIpc) is 2.15. The maximum Gasteiger partial charge on any atom is 1.00 e. The molecule has 17 heavy (non-hydrogen) atoms. The third-order valence-corrected chi connectivity index (χ3v) is 2.33. The molecule has 5 heteroatoms. The zero-order valence-electron chi connectivity index (χ0n) is 11.2. The Morgan fingerprint density at radius 1 is 1.29 bits per heavy atom. The van der Waals surface area contributed by atoms with E-state index in [1.807, 2.05) is 0 Å². The van der Waals surface area contributed by atoms with Crippen molar-refractivity contribution in [2.24, 2.45) is 4.99 Å². The van der Waals surface area contributed by atoms with Crippen molar-refractivity contribution in [3.05, 3.63) is 0 Å². The first kappa shape index (κ1) is 19.9. The van der Waals surface area contributed by atoms with E-state index in [-0.39, 0.29) is 63.7 Å². The normalized spacial score (nSPS) is 12.9. The van der Waals surface area contributed by atoms with Crippen molar-refractivity contribution >= 4 is 11.9 Å². The van der Waals surface area contributed by atoms with Crippen LogP contribution in [0.4, 0.5) is 0 Å². The number of unbranched alkanes of at least 4 members (excludes halogenated alkanes) is 4. The van der Waals surface area contributed by atoms with Crippen LogP contribution < -0.4 is 56.5 Å². The summed E-state index contributed by atoms with van der Waals surface area (Å²) in [6.07, 6.45) is 5.86. The number of rotatable bonds is 9. The molecule has 0 radical (unpaired) electrons. The Kier molecular flexibility index (Phi) is 15.2. The molecule has 0 saturated carbocycles. The van der Waals surface area contributed by atoms with Crippen LogP contribution in [0.2, 0.25) is 0 Å². The zero-order chi connectivity index (χ0) is 12.4. The Bertz CT molecular complexity index is 232. The van der Waals surface area contributed by atoms with Crippen molar-refractivity contribution in [2.75, 3.05) is 0 Å². The number of carbonyl (C=O) groups is 1. The molecule has 1 atom stereocenters. The van der Waals surface area contributed by atoms with Gasteiger partial charge >= 0.3 is 57.4 Å². The van der Waals surface area contributed by atoms with Gasteiger partial charge in [0.05, 0.1) is 12.5 Å². The molecule has 0 saturated heterocycles. The molecule has 0 amide bonds. The standard InChI is InChI=1S/C12H23NO3.K/c1-3-4-5-6-7-8-11(14)13-10(2)9-12(15)16;/h10H,3-9H2,1-2H3,(H,13,14)(H,15,16);/q;+1/p-1. The first-order valence-electron chi connectivity index (χ1n) is 6.01. The van der Waals surface area contributed by atoms with Crippen molar-refractivity contribution < 1.29 is 66.4 Å². The molecule has 0 heterocycles. The van der Waals surface area contributed by atoms with E-state index in [1.165, 1.54) is 12.8 Å². The van der Waals surface area contributed by atoms with Crippen molar-refractivity contribution in [3.8, 4) is 0 Å². The number of carboxylic acid groups (broad SMARTS) is 1. The van der Waals surface area contributed by atoms with E-state index < -0.39 is 12.0 Å². The molecule has 94 valence electrons. The monoisotopic (exact) mass is 267 g/mol. The Morgan fingerprint density at radius 2 is 1.88 bits per heavy atom. The van der Waals surface area contributed by atoms with Gasteiger partial charge < -0.3 is 15.2 Å². The second-order valence-electron chi connectivity index (χ2n) is 4.13. The van der Waals surface area contributed by atoms with Gasteiger partial charge in [0.15, 0.2) is 0 Å². The minimum absolute atomic E-state index is 0. The van der Waals surface area contributed by atoms with Crippen LogP contribution in [-0.2, 0) is 4.79 Å². The van der Waals surface area contributed by atoms with Crippen LogP contribution in [-0.4, -0.2) is 23.0 Å². The Balaban J connectivity index is 0. The minimum Gasteiger partial charge on any atom is -0.862 e. The summed E-state index contributed by atoms with van der Waals surface area (Å²) in [5.74, 6) is -1.07. The van der Waals surface area contributed by atoms with Gasteiger partial charge in [-0.15, -0.1) is 0 Å². The quantitative estimate of drug-likeness (QED) is 0.251. The van der Waals surface area contributed by atoms with Crippen molar-refractivity contribution in [1.82, 2.24) is 0 Å². The molecule has 0 aliphatic heterocycles. The molecule has 0 spiro atoms. The van der Waals surface area contributed by atoms with E-state index in [0.717, 1.165) is 19.3 Å². The van der Waals surface area contributed by atoms with Crippen molar-refractivity contribution in [1.29, 1.82) is 0 Å². The fourth-order valence-electron chi connectivity index (χ4n) is 1.49. The SMILES string of the molecule is CCCCCCCC([O-])=NC(C)CC(=O)O.[K+]. The molecule has 0 aliphatic carbocycles. The fraction of sp³-hybridized carbons (Fsp3) is 0.833. The van der Waals surface area contributed by atoms with E-state index in [1.54, 1.807) is 6.92 Å². The van der Waals surface area contributed by atoms with Crippen LogP contribution >= 0.6 is 0 Å². The Labute approximate surface area is 146 Å². The van der Waals surface area contributed by atoms with Crippen LogP contribution in [0.1, 0.15) is 58.8 Å². The van der Waals surface area contributed by atoms with Gasteiger partial charge in [-0.25, -0.2) is 0 Å². The molecule has 0 aromatic carbocycles. The first-order valence-corrected chi connectivity index (χ1v) is 6.01. The summed E-state index contributed by atoms with van der Waals surface area (Å²) in [4.78, 5) is 14.2. The second-order valence-corrected chi connectivity index (χ2v) is 4.13. The average molecular weight is 267 g/mol. The molecular formula is C12H22KNO3. The van der Waals surface area contributed by atoms with Gasteiger partial charge in [-0.3, -0.25) is 4.79 Å². The molecule has 0 fully saturated rings. The predicted molar refractivity (Wildman–Crippen MR) is 62.5 cm³/mol. The summed E-state index contributed by atoms with van der Waals surface area (Å²) in [6.45, 7) is 3.80. The third kappa shape index (κ3) is 14.5. The van der Waals surface area contributed by atoms with Crippen LogP contribution in [0.3, 0.4) is 0 Å². The molecule has 4 nitrogen and oxygen atoms in total. The van der Waals surface area contributed by atoms with E-state index in [0.29, 0.717) is 6.42 Å². The summed E-state index contributed by atoms with van der Waals surface area (Å²) in [7, 11) is 0. The van der Waals surface area contributed by atoms with Crippen LogP contribution in [0.5, 0.6) is 0 Å². The summed E-state index contributed by atoms with van der Waals surface area (Å²) in [5.41, 5.74) is 0. The number of hydrogen-bond donors (Lipinski definition) is 1. The topological polar surface area (TPSA) is 72.7 Å². The number of nitrogens with zero attached hydrogens (tertiary/aromatic N) is 1. The summed E-state index contributed by atoms with van der Waals surface area (Å²) in [6, 6.07) is -0.402. The second kappa shape index (κ2) is 13.0. The number of aliphatic carboxylic acids is 1. The van der Waals surface area contributed by atoms with Gasteiger partial charge in [0.2, 0.25) is 0 Å². The number of aliphatic imine (C=N–C) groups is 1. The molecule has 0 aliphatic rings. The van der Waals surface area contributed by atoms with E-state index in [9.17, 15) is 9.90 Å². The van der Waals surface area contributed by atoms with Gasteiger partial charge in [-0.1, -0.05) is 32.6 Å². The molecular weight excluding hydrogens is 245 g/mol. The largest absolute Gasteiger partial charge is 1.00 e. The number of hydrogen-bond acceptors (Lipinski definition) is 3. The van der Waals surface area contributed by atoms with E-state index in [4.69, 9.17) is 5.11 Å². The smallest absolute Gasteiger partial charge is 0.862 e. The van der Waals surface area contributed by atoms with E-state index >= 15 is 0 Å². The summed E-state index contributed by atoms with van der Waals surface area (Å²) >= 11 is 0. The maximum atomic E-state index is 11.3. The molecule has 0 bridgehead atoms. The molecule has 0 aromatic heterocycles. The minimum atomic E-state index is -0.910. The Morgan fingerprint density at radius 3 is 2.41 bits per heavy atom. The molecule has 0 rings (SSSR count). The van der Waals surface area contributed by atoms with Gasteiger partial charge in [0.25, 0.3) is 0 Å².